The number of primary sulfonamides is 1. The van der Waals surface area contributed by atoms with Crippen LogP contribution in [0.25, 0.3) is 0 Å². The SMILES string of the molecule is CN(CCOc1ccccc1)C(=O)[C@H]1CC(=O)N(c2cccc(S(N)(=O)=O)c2)C1. The van der Waals surface area contributed by atoms with Gasteiger partial charge < -0.3 is 14.5 Å². The Morgan fingerprint density at radius 3 is 2.62 bits per heavy atom. The van der Waals surface area contributed by atoms with E-state index in [2.05, 4.69) is 0 Å². The van der Waals surface area contributed by atoms with Crippen molar-refractivity contribution in [1.82, 2.24) is 4.90 Å². The van der Waals surface area contributed by atoms with Gasteiger partial charge >= 0.3 is 0 Å². The number of nitrogens with two attached hydrogens (primary N) is 1. The summed E-state index contributed by atoms with van der Waals surface area (Å²) < 4.78 is 28.7. The molecule has 29 heavy (non-hydrogen) atoms. The highest BCUT2D eigenvalue weighted by atomic mass is 32.2. The number of carbonyl (C=O) groups is 2. The number of carbonyl (C=O) groups excluding carboxylic acids is 2. The summed E-state index contributed by atoms with van der Waals surface area (Å²) in [6.45, 7) is 0.919. The highest BCUT2D eigenvalue weighted by Gasteiger charge is 2.36. The van der Waals surface area contributed by atoms with Crippen molar-refractivity contribution in [3.05, 3.63) is 54.6 Å². The first-order valence-electron chi connectivity index (χ1n) is 9.12. The van der Waals surface area contributed by atoms with Gasteiger partial charge in [-0.2, -0.15) is 0 Å². The van der Waals surface area contributed by atoms with Gasteiger partial charge in [0.05, 0.1) is 17.4 Å². The molecular weight excluding hydrogens is 394 g/mol. The summed E-state index contributed by atoms with van der Waals surface area (Å²) >= 11 is 0. The first-order valence-corrected chi connectivity index (χ1v) is 10.7. The normalized spacial score (nSPS) is 16.7. The van der Waals surface area contributed by atoms with Crippen LogP contribution in [0.1, 0.15) is 6.42 Å². The molecule has 0 unspecified atom stereocenters. The number of hydrogen-bond acceptors (Lipinski definition) is 5. The molecule has 154 valence electrons. The second-order valence-electron chi connectivity index (χ2n) is 6.87. The van der Waals surface area contributed by atoms with Crippen molar-refractivity contribution in [2.75, 3.05) is 31.6 Å². The molecule has 2 aromatic rings. The topological polar surface area (TPSA) is 110 Å². The Bertz CT molecular complexity index is 994. The van der Waals surface area contributed by atoms with Crippen molar-refractivity contribution < 1.29 is 22.7 Å². The van der Waals surface area contributed by atoms with Gasteiger partial charge in [-0.15, -0.1) is 0 Å². The van der Waals surface area contributed by atoms with Gasteiger partial charge in [0.15, 0.2) is 0 Å². The van der Waals surface area contributed by atoms with Crippen LogP contribution in [0.5, 0.6) is 5.75 Å². The molecule has 0 aliphatic carbocycles. The van der Waals surface area contributed by atoms with E-state index in [9.17, 15) is 18.0 Å². The fraction of sp³-hybridized carbons (Fsp3) is 0.300. The third-order valence-corrected chi connectivity index (χ3v) is 5.66. The molecular formula is C20H23N3O5S. The van der Waals surface area contributed by atoms with Crippen molar-refractivity contribution in [2.24, 2.45) is 11.1 Å². The van der Waals surface area contributed by atoms with E-state index < -0.39 is 15.9 Å². The largest absolute Gasteiger partial charge is 0.492 e. The van der Waals surface area contributed by atoms with Crippen LogP contribution in [-0.4, -0.2) is 51.9 Å². The predicted octanol–water partition coefficient (Wildman–Crippen LogP) is 1.22. The zero-order chi connectivity index (χ0) is 21.0. The fourth-order valence-corrected chi connectivity index (χ4v) is 3.74. The van der Waals surface area contributed by atoms with E-state index in [0.29, 0.717) is 18.8 Å². The van der Waals surface area contributed by atoms with E-state index in [1.807, 2.05) is 30.3 Å². The molecule has 0 bridgehead atoms. The van der Waals surface area contributed by atoms with E-state index in [0.717, 1.165) is 5.75 Å². The average Bonchev–Trinajstić information content (AvgIpc) is 3.09. The molecule has 1 aliphatic heterocycles. The number of nitrogens with zero attached hydrogens (tertiary/aromatic N) is 2. The Kier molecular flexibility index (Phi) is 6.19. The van der Waals surface area contributed by atoms with Crippen LogP contribution >= 0.6 is 0 Å². The highest BCUT2D eigenvalue weighted by molar-refractivity contribution is 7.89. The van der Waals surface area contributed by atoms with Crippen molar-refractivity contribution in [3.8, 4) is 5.75 Å². The summed E-state index contributed by atoms with van der Waals surface area (Å²) in [5, 5.41) is 5.16. The van der Waals surface area contributed by atoms with Gasteiger partial charge in [0.1, 0.15) is 12.4 Å². The first-order chi connectivity index (χ1) is 13.8. The number of para-hydroxylation sites is 1. The number of likely N-dealkylation sites (N-methyl/N-ethyl adjacent to an activating group) is 1. The van der Waals surface area contributed by atoms with E-state index in [4.69, 9.17) is 9.88 Å². The number of benzene rings is 2. The zero-order valence-electron chi connectivity index (χ0n) is 16.0. The second-order valence-corrected chi connectivity index (χ2v) is 8.43. The highest BCUT2D eigenvalue weighted by Crippen LogP contribution is 2.27. The van der Waals surface area contributed by atoms with Crippen molar-refractivity contribution in [1.29, 1.82) is 0 Å². The first kappa shape index (κ1) is 20.8. The predicted molar refractivity (Wildman–Crippen MR) is 108 cm³/mol. The molecule has 3 rings (SSSR count). The van der Waals surface area contributed by atoms with E-state index in [-0.39, 0.29) is 29.7 Å². The maximum atomic E-state index is 12.7. The third-order valence-electron chi connectivity index (χ3n) is 4.75. The lowest BCUT2D eigenvalue weighted by Crippen LogP contribution is -2.37. The molecule has 1 heterocycles. The molecule has 1 fully saturated rings. The van der Waals surface area contributed by atoms with Gasteiger partial charge in [-0.1, -0.05) is 24.3 Å². The molecule has 0 radical (unpaired) electrons. The molecule has 1 aliphatic rings. The van der Waals surface area contributed by atoms with Gasteiger partial charge in [-0.05, 0) is 30.3 Å². The van der Waals surface area contributed by atoms with Crippen molar-refractivity contribution >= 4 is 27.5 Å². The lowest BCUT2D eigenvalue weighted by Gasteiger charge is -2.21. The molecule has 0 aromatic heterocycles. The second kappa shape index (κ2) is 8.62. The third kappa shape index (κ3) is 5.12. The Hall–Kier alpha value is -2.91. The number of hydrogen-bond donors (Lipinski definition) is 1. The zero-order valence-corrected chi connectivity index (χ0v) is 16.8. The van der Waals surface area contributed by atoms with Crippen LogP contribution in [0.3, 0.4) is 0 Å². The van der Waals surface area contributed by atoms with Gasteiger partial charge in [-0.3, -0.25) is 9.59 Å². The minimum atomic E-state index is -3.88. The molecule has 1 saturated heterocycles. The molecule has 2 amide bonds. The fourth-order valence-electron chi connectivity index (χ4n) is 3.19. The summed E-state index contributed by atoms with van der Waals surface area (Å²) in [5.74, 6) is -0.156. The number of rotatable bonds is 7. The van der Waals surface area contributed by atoms with Crippen LogP contribution in [0.2, 0.25) is 0 Å². The summed E-state index contributed by atoms with van der Waals surface area (Å²) in [6, 6.07) is 15.2. The van der Waals surface area contributed by atoms with Crippen LogP contribution in [-0.2, 0) is 19.6 Å². The van der Waals surface area contributed by atoms with E-state index in [1.165, 1.54) is 23.1 Å². The number of anilines is 1. The minimum absolute atomic E-state index is 0.0717. The van der Waals surface area contributed by atoms with Gasteiger partial charge in [0.25, 0.3) is 0 Å². The molecule has 0 saturated carbocycles. The van der Waals surface area contributed by atoms with Gasteiger partial charge in [0, 0.05) is 25.7 Å². The monoisotopic (exact) mass is 417 g/mol. The standard InChI is InChI=1S/C20H23N3O5S/c1-22(10-11-28-17-7-3-2-4-8-17)20(25)15-12-19(24)23(14-15)16-6-5-9-18(13-16)29(21,26)27/h2-9,13,15H,10-12,14H2,1H3,(H2,21,26,27)/t15-/m0/s1. The van der Waals surface area contributed by atoms with Crippen LogP contribution in [0, 0.1) is 5.92 Å². The smallest absolute Gasteiger partial charge is 0.238 e. The number of sulfonamides is 1. The molecule has 0 spiro atoms. The summed E-state index contributed by atoms with van der Waals surface area (Å²) in [5.41, 5.74) is 0.409. The van der Waals surface area contributed by atoms with Crippen LogP contribution in [0.15, 0.2) is 59.5 Å². The molecule has 2 N–H and O–H groups in total. The lowest BCUT2D eigenvalue weighted by molar-refractivity contribution is -0.134. The Labute approximate surface area is 169 Å². The Morgan fingerprint density at radius 2 is 1.93 bits per heavy atom. The van der Waals surface area contributed by atoms with Crippen LogP contribution in [0.4, 0.5) is 5.69 Å². The van der Waals surface area contributed by atoms with Crippen molar-refractivity contribution in [3.63, 3.8) is 0 Å². The van der Waals surface area contributed by atoms with E-state index in [1.54, 1.807) is 18.0 Å². The van der Waals surface area contributed by atoms with E-state index >= 15 is 0 Å². The molecule has 1 atom stereocenters. The maximum Gasteiger partial charge on any atom is 0.238 e. The lowest BCUT2D eigenvalue weighted by atomic mass is 10.1. The van der Waals surface area contributed by atoms with Gasteiger partial charge in [0.2, 0.25) is 21.8 Å². The summed E-state index contributed by atoms with van der Waals surface area (Å²) in [4.78, 5) is 28.0. The summed E-state index contributed by atoms with van der Waals surface area (Å²) in [7, 11) is -2.20. The number of amides is 2. The van der Waals surface area contributed by atoms with Crippen LogP contribution < -0.4 is 14.8 Å². The maximum absolute atomic E-state index is 12.7. The quantitative estimate of drug-likeness (QED) is 0.728. The van der Waals surface area contributed by atoms with Gasteiger partial charge in [-0.25, -0.2) is 13.6 Å². The Morgan fingerprint density at radius 1 is 1.21 bits per heavy atom. The molecule has 8 nitrogen and oxygen atoms in total. The summed E-state index contributed by atoms with van der Waals surface area (Å²) in [6.07, 6.45) is 0.0717. The molecule has 2 aromatic carbocycles. The molecule has 9 heteroatoms. The number of ether oxygens (including phenoxy) is 1. The average molecular weight is 417 g/mol. The van der Waals surface area contributed by atoms with Crippen molar-refractivity contribution in [2.45, 2.75) is 11.3 Å². The minimum Gasteiger partial charge on any atom is -0.492 e. The Balaban J connectivity index is 1.60.